The molecule has 0 aliphatic heterocycles. The highest BCUT2D eigenvalue weighted by atomic mass is 35.5. The predicted octanol–water partition coefficient (Wildman–Crippen LogP) is 4.59. The fourth-order valence-electron chi connectivity index (χ4n) is 2.19. The van der Waals surface area contributed by atoms with Crippen molar-refractivity contribution in [1.29, 1.82) is 0 Å². The van der Waals surface area contributed by atoms with E-state index >= 15 is 0 Å². The molecule has 0 saturated heterocycles. The lowest BCUT2D eigenvalue weighted by molar-refractivity contribution is 0.404. The van der Waals surface area contributed by atoms with Crippen LogP contribution in [0.25, 0.3) is 0 Å². The maximum atomic E-state index is 6.11. The van der Waals surface area contributed by atoms with Crippen molar-refractivity contribution >= 4 is 17.3 Å². The molecule has 0 saturated carbocycles. The molecule has 0 aliphatic rings. The number of ether oxygens (including phenoxy) is 2. The third-order valence-corrected chi connectivity index (χ3v) is 3.96. The van der Waals surface area contributed by atoms with Crippen molar-refractivity contribution < 1.29 is 9.47 Å². The number of aryl methyl sites for hydroxylation is 1. The summed E-state index contributed by atoms with van der Waals surface area (Å²) >= 11 is 6.11. The van der Waals surface area contributed by atoms with E-state index < -0.39 is 0 Å². The molecule has 0 unspecified atom stereocenters. The average molecular weight is 306 g/mol. The summed E-state index contributed by atoms with van der Waals surface area (Å²) in [5.41, 5.74) is 4.70. The van der Waals surface area contributed by atoms with Gasteiger partial charge in [-0.2, -0.15) is 0 Å². The Hall–Kier alpha value is -1.87. The molecule has 1 N–H and O–H groups in total. The Balaban J connectivity index is 2.25. The van der Waals surface area contributed by atoms with Gasteiger partial charge in [0.1, 0.15) is 11.5 Å². The molecule has 0 radical (unpaired) electrons. The van der Waals surface area contributed by atoms with Crippen LogP contribution in [0.4, 0.5) is 5.69 Å². The van der Waals surface area contributed by atoms with Crippen molar-refractivity contribution in [3.8, 4) is 11.5 Å². The van der Waals surface area contributed by atoms with Crippen molar-refractivity contribution in [2.75, 3.05) is 19.5 Å². The van der Waals surface area contributed by atoms with E-state index in [2.05, 4.69) is 37.4 Å². The number of hydrogen-bond acceptors (Lipinski definition) is 3. The van der Waals surface area contributed by atoms with Gasteiger partial charge in [0.05, 0.1) is 24.9 Å². The molecule has 3 nitrogen and oxygen atoms in total. The van der Waals surface area contributed by atoms with Gasteiger partial charge < -0.3 is 14.8 Å². The van der Waals surface area contributed by atoms with E-state index in [4.69, 9.17) is 21.1 Å². The molecule has 112 valence electrons. The summed E-state index contributed by atoms with van der Waals surface area (Å²) in [5.74, 6) is 1.33. The van der Waals surface area contributed by atoms with Gasteiger partial charge in [-0.1, -0.05) is 29.8 Å². The Labute approximate surface area is 130 Å². The van der Waals surface area contributed by atoms with Crippen molar-refractivity contribution in [3.05, 3.63) is 52.0 Å². The third kappa shape index (κ3) is 3.42. The monoisotopic (exact) mass is 305 g/mol. The zero-order valence-electron chi connectivity index (χ0n) is 12.8. The first kappa shape index (κ1) is 15.5. The molecule has 21 heavy (non-hydrogen) atoms. The van der Waals surface area contributed by atoms with Crippen LogP contribution in [0, 0.1) is 13.8 Å². The Morgan fingerprint density at radius 2 is 1.76 bits per heavy atom. The lowest BCUT2D eigenvalue weighted by Gasteiger charge is -2.15. The summed E-state index contributed by atoms with van der Waals surface area (Å²) < 4.78 is 10.6. The molecule has 0 aromatic heterocycles. The highest BCUT2D eigenvalue weighted by molar-refractivity contribution is 6.32. The normalized spacial score (nSPS) is 10.3. The van der Waals surface area contributed by atoms with E-state index in [1.54, 1.807) is 20.3 Å². The Bertz CT molecular complexity index is 641. The third-order valence-electron chi connectivity index (χ3n) is 3.66. The first-order valence-electron chi connectivity index (χ1n) is 6.77. The number of nitrogens with one attached hydrogen (secondary N) is 1. The molecule has 0 fully saturated rings. The lowest BCUT2D eigenvalue weighted by atomic mass is 10.0. The summed E-state index contributed by atoms with van der Waals surface area (Å²) in [4.78, 5) is 0. The topological polar surface area (TPSA) is 30.5 Å². The summed E-state index contributed by atoms with van der Waals surface area (Å²) in [5, 5.41) is 3.92. The minimum Gasteiger partial charge on any atom is -0.495 e. The van der Waals surface area contributed by atoms with Gasteiger partial charge in [0.25, 0.3) is 0 Å². The zero-order chi connectivity index (χ0) is 15.4. The molecule has 0 spiro atoms. The number of rotatable bonds is 5. The van der Waals surface area contributed by atoms with Gasteiger partial charge >= 0.3 is 0 Å². The van der Waals surface area contributed by atoms with Crippen LogP contribution in [-0.4, -0.2) is 14.2 Å². The number of hydrogen-bond donors (Lipinski definition) is 1. The number of halogens is 1. The molecule has 0 heterocycles. The first-order chi connectivity index (χ1) is 10.1. The maximum Gasteiger partial charge on any atom is 0.143 e. The van der Waals surface area contributed by atoms with Gasteiger partial charge in [0, 0.05) is 18.7 Å². The second kappa shape index (κ2) is 6.72. The molecule has 2 rings (SSSR count). The Morgan fingerprint density at radius 3 is 2.43 bits per heavy atom. The minimum absolute atomic E-state index is 0.534. The van der Waals surface area contributed by atoms with Gasteiger partial charge in [-0.15, -0.1) is 0 Å². The van der Waals surface area contributed by atoms with Crippen LogP contribution in [0.3, 0.4) is 0 Å². The van der Waals surface area contributed by atoms with Crippen LogP contribution in [0.5, 0.6) is 11.5 Å². The molecular weight excluding hydrogens is 286 g/mol. The summed E-state index contributed by atoms with van der Waals surface area (Å²) in [6, 6.07) is 9.91. The lowest BCUT2D eigenvalue weighted by Crippen LogP contribution is -2.04. The highest BCUT2D eigenvalue weighted by Crippen LogP contribution is 2.36. The molecule has 0 bridgehead atoms. The van der Waals surface area contributed by atoms with Crippen molar-refractivity contribution in [1.82, 2.24) is 0 Å². The second-order valence-corrected chi connectivity index (χ2v) is 5.31. The van der Waals surface area contributed by atoms with E-state index in [0.717, 1.165) is 5.69 Å². The fourth-order valence-corrected chi connectivity index (χ4v) is 2.42. The predicted molar refractivity (Wildman–Crippen MR) is 87.8 cm³/mol. The number of anilines is 1. The molecule has 0 atom stereocenters. The van der Waals surface area contributed by atoms with Crippen LogP contribution >= 0.6 is 11.6 Å². The van der Waals surface area contributed by atoms with Gasteiger partial charge in [0.2, 0.25) is 0 Å². The molecule has 4 heteroatoms. The summed E-state index contributed by atoms with van der Waals surface area (Å²) in [6.07, 6.45) is 0. The van der Waals surface area contributed by atoms with Gasteiger partial charge in [-0.3, -0.25) is 0 Å². The van der Waals surface area contributed by atoms with Crippen LogP contribution in [0.2, 0.25) is 5.02 Å². The van der Waals surface area contributed by atoms with Crippen molar-refractivity contribution in [2.24, 2.45) is 0 Å². The Morgan fingerprint density at radius 1 is 1.05 bits per heavy atom. The molecule has 0 aliphatic carbocycles. The average Bonchev–Trinajstić information content (AvgIpc) is 2.49. The minimum atomic E-state index is 0.534. The van der Waals surface area contributed by atoms with Gasteiger partial charge in [0.15, 0.2) is 0 Å². The van der Waals surface area contributed by atoms with Crippen LogP contribution in [0.15, 0.2) is 30.3 Å². The van der Waals surface area contributed by atoms with Crippen LogP contribution < -0.4 is 14.8 Å². The van der Waals surface area contributed by atoms with Crippen LogP contribution in [0.1, 0.15) is 16.7 Å². The summed E-state index contributed by atoms with van der Waals surface area (Å²) in [6.45, 7) is 4.96. The smallest absolute Gasteiger partial charge is 0.143 e. The maximum absolute atomic E-state index is 6.11. The van der Waals surface area contributed by atoms with E-state index in [-0.39, 0.29) is 0 Å². The largest absolute Gasteiger partial charge is 0.495 e. The number of benzene rings is 2. The number of methoxy groups -OCH3 is 2. The second-order valence-electron chi connectivity index (χ2n) is 4.90. The van der Waals surface area contributed by atoms with Crippen LogP contribution in [-0.2, 0) is 6.54 Å². The molecule has 2 aromatic carbocycles. The van der Waals surface area contributed by atoms with Gasteiger partial charge in [-0.25, -0.2) is 0 Å². The van der Waals surface area contributed by atoms with E-state index in [9.17, 15) is 0 Å². The van der Waals surface area contributed by atoms with Crippen molar-refractivity contribution in [2.45, 2.75) is 20.4 Å². The van der Waals surface area contributed by atoms with E-state index in [1.807, 2.05) is 6.07 Å². The molecule has 0 amide bonds. The van der Waals surface area contributed by atoms with E-state index in [0.29, 0.717) is 23.1 Å². The molecular formula is C17H20ClNO2. The highest BCUT2D eigenvalue weighted by Gasteiger charge is 2.10. The quantitative estimate of drug-likeness (QED) is 0.876. The standard InChI is InChI=1S/C17H20ClNO2/c1-11-6-5-7-13(12(11)2)10-19-15-9-16(20-3)14(18)8-17(15)21-4/h5-9,19H,10H2,1-4H3. The first-order valence-corrected chi connectivity index (χ1v) is 7.15. The zero-order valence-corrected chi connectivity index (χ0v) is 13.5. The van der Waals surface area contributed by atoms with Crippen molar-refractivity contribution in [3.63, 3.8) is 0 Å². The van der Waals surface area contributed by atoms with E-state index in [1.165, 1.54) is 16.7 Å². The molecule has 2 aromatic rings. The Kier molecular flexibility index (Phi) is 4.97. The SMILES string of the molecule is COc1cc(NCc2cccc(C)c2C)c(OC)cc1Cl. The van der Waals surface area contributed by atoms with Gasteiger partial charge in [-0.05, 0) is 30.5 Å². The fraction of sp³-hybridized carbons (Fsp3) is 0.294. The summed E-state index contributed by atoms with van der Waals surface area (Å²) in [7, 11) is 3.23.